The van der Waals surface area contributed by atoms with Crippen molar-refractivity contribution in [3.8, 4) is 16.8 Å². The molecular formula is C24H16N2O2. The Kier molecular flexibility index (Phi) is 3.69. The largest absolute Gasteiger partial charge is 0.322 e. The van der Waals surface area contributed by atoms with E-state index in [1.54, 1.807) is 12.1 Å². The maximum atomic E-state index is 13.1. The lowest BCUT2D eigenvalue weighted by atomic mass is 10.00. The average molecular weight is 364 g/mol. The minimum Gasteiger partial charge on any atom is -0.322 e. The number of rotatable bonds is 3. The van der Waals surface area contributed by atoms with E-state index < -0.39 is 0 Å². The highest BCUT2D eigenvalue weighted by molar-refractivity contribution is 6.26. The van der Waals surface area contributed by atoms with Gasteiger partial charge in [0.15, 0.2) is 5.78 Å². The Hall–Kier alpha value is -3.92. The van der Waals surface area contributed by atoms with Crippen molar-refractivity contribution in [1.82, 2.24) is 4.57 Å². The first-order valence-electron chi connectivity index (χ1n) is 9.05. The van der Waals surface area contributed by atoms with Crippen LogP contribution in [0.3, 0.4) is 0 Å². The molecule has 5 rings (SSSR count). The normalized spacial score (nSPS) is 11.8. The highest BCUT2D eigenvalue weighted by Crippen LogP contribution is 2.38. The second kappa shape index (κ2) is 6.35. The van der Waals surface area contributed by atoms with Gasteiger partial charge in [-0.3, -0.25) is 9.59 Å². The number of hydrogen-bond acceptors (Lipinski definition) is 2. The third-order valence-electron chi connectivity index (χ3n) is 5.03. The maximum absolute atomic E-state index is 13.1. The van der Waals surface area contributed by atoms with Crippen molar-refractivity contribution >= 4 is 17.4 Å². The molecule has 0 aliphatic heterocycles. The Labute approximate surface area is 162 Å². The molecule has 1 heterocycles. The molecule has 4 aromatic rings. The Bertz CT molecular complexity index is 1220. The van der Waals surface area contributed by atoms with E-state index in [9.17, 15) is 9.59 Å². The minimum absolute atomic E-state index is 0.102. The van der Waals surface area contributed by atoms with Crippen LogP contribution in [0.15, 0.2) is 91.3 Å². The molecule has 1 aliphatic rings. The quantitative estimate of drug-likeness (QED) is 0.493. The molecule has 0 spiro atoms. The molecule has 0 radical (unpaired) electrons. The number of benzene rings is 3. The van der Waals surface area contributed by atoms with Crippen molar-refractivity contribution in [3.63, 3.8) is 0 Å². The van der Waals surface area contributed by atoms with Gasteiger partial charge in [-0.15, -0.1) is 0 Å². The zero-order valence-corrected chi connectivity index (χ0v) is 14.9. The molecule has 1 aromatic heterocycles. The molecule has 0 unspecified atom stereocenters. The van der Waals surface area contributed by atoms with E-state index in [0.29, 0.717) is 22.4 Å². The number of carbonyl (C=O) groups is 2. The van der Waals surface area contributed by atoms with Crippen LogP contribution < -0.4 is 5.32 Å². The summed E-state index contributed by atoms with van der Waals surface area (Å²) in [5.74, 6) is -0.396. The second-order valence-corrected chi connectivity index (χ2v) is 6.66. The number of para-hydroxylation sites is 2. The monoisotopic (exact) mass is 364 g/mol. The van der Waals surface area contributed by atoms with Crippen LogP contribution in [0.25, 0.3) is 16.8 Å². The molecule has 0 saturated heterocycles. The fraction of sp³-hybridized carbons (Fsp3) is 0. The summed E-state index contributed by atoms with van der Waals surface area (Å²) in [6.45, 7) is 0. The lowest BCUT2D eigenvalue weighted by Gasteiger charge is -2.13. The van der Waals surface area contributed by atoms with E-state index in [-0.39, 0.29) is 11.7 Å². The van der Waals surface area contributed by atoms with Crippen LogP contribution in [0.4, 0.5) is 5.69 Å². The average Bonchev–Trinajstić information content (AvgIpc) is 3.36. The van der Waals surface area contributed by atoms with E-state index in [4.69, 9.17) is 0 Å². The topological polar surface area (TPSA) is 51.1 Å². The lowest BCUT2D eigenvalue weighted by molar-refractivity contribution is 0.0998. The van der Waals surface area contributed by atoms with Crippen LogP contribution in [0.1, 0.15) is 26.3 Å². The molecule has 3 aromatic carbocycles. The van der Waals surface area contributed by atoms with Gasteiger partial charge in [-0.25, -0.2) is 0 Å². The lowest BCUT2D eigenvalue weighted by Crippen LogP contribution is -2.17. The molecule has 4 heteroatoms. The van der Waals surface area contributed by atoms with Crippen molar-refractivity contribution in [3.05, 3.63) is 108 Å². The zero-order valence-electron chi connectivity index (χ0n) is 14.9. The van der Waals surface area contributed by atoms with Crippen LogP contribution >= 0.6 is 0 Å². The molecule has 134 valence electrons. The first-order valence-corrected chi connectivity index (χ1v) is 9.05. The van der Waals surface area contributed by atoms with Gasteiger partial charge in [-0.2, -0.15) is 0 Å². The number of nitrogens with zero attached hydrogens (tertiary/aromatic N) is 1. The molecule has 1 N–H and O–H groups in total. The van der Waals surface area contributed by atoms with Crippen LogP contribution in [0.5, 0.6) is 0 Å². The van der Waals surface area contributed by atoms with Gasteiger partial charge >= 0.3 is 0 Å². The van der Waals surface area contributed by atoms with Gasteiger partial charge in [0.05, 0.1) is 16.9 Å². The number of nitrogens with one attached hydrogen (secondary N) is 1. The summed E-state index contributed by atoms with van der Waals surface area (Å²) in [5.41, 5.74) is 4.75. The predicted molar refractivity (Wildman–Crippen MR) is 109 cm³/mol. The molecule has 1 aliphatic carbocycles. The fourth-order valence-corrected chi connectivity index (χ4v) is 3.75. The molecule has 1 amide bonds. The summed E-state index contributed by atoms with van der Waals surface area (Å²) in [6, 6.07) is 24.3. The number of carbonyl (C=O) groups excluding carboxylic acids is 2. The van der Waals surface area contributed by atoms with Gasteiger partial charge in [0, 0.05) is 23.5 Å². The minimum atomic E-state index is -0.294. The first kappa shape index (κ1) is 16.3. The molecule has 0 atom stereocenters. The highest BCUT2D eigenvalue weighted by atomic mass is 16.2. The first-order chi connectivity index (χ1) is 13.7. The third kappa shape index (κ3) is 2.47. The Balaban J connectivity index is 1.55. The van der Waals surface area contributed by atoms with Crippen molar-refractivity contribution in [2.24, 2.45) is 0 Å². The predicted octanol–water partition coefficient (Wildman–Crippen LogP) is 4.94. The summed E-state index contributed by atoms with van der Waals surface area (Å²) in [7, 11) is 0. The summed E-state index contributed by atoms with van der Waals surface area (Å²) in [4.78, 5) is 26.1. The Morgan fingerprint density at radius 3 is 2.21 bits per heavy atom. The van der Waals surface area contributed by atoms with Gasteiger partial charge in [-0.1, -0.05) is 48.5 Å². The summed E-state index contributed by atoms with van der Waals surface area (Å²) in [5, 5.41) is 2.98. The molecule has 0 saturated carbocycles. The van der Waals surface area contributed by atoms with Crippen LogP contribution in [0, 0.1) is 0 Å². The zero-order chi connectivity index (χ0) is 19.1. The number of ketones is 1. The van der Waals surface area contributed by atoms with Gasteiger partial charge < -0.3 is 9.88 Å². The number of amides is 1. The smallest absolute Gasteiger partial charge is 0.256 e. The highest BCUT2D eigenvalue weighted by Gasteiger charge is 2.30. The van der Waals surface area contributed by atoms with Gasteiger partial charge in [0.25, 0.3) is 5.91 Å². The van der Waals surface area contributed by atoms with E-state index in [1.165, 1.54) is 0 Å². The summed E-state index contributed by atoms with van der Waals surface area (Å²) in [6.07, 6.45) is 3.84. The van der Waals surface area contributed by atoms with Gasteiger partial charge in [0.2, 0.25) is 0 Å². The van der Waals surface area contributed by atoms with Crippen molar-refractivity contribution in [1.29, 1.82) is 0 Å². The standard InChI is InChI=1S/C24H16N2O2/c27-23-18-9-2-1-8-16(18)17-10-7-11-19(22(17)23)24(28)25-20-12-3-4-13-21(20)26-14-5-6-15-26/h1-15H,(H,25,28). The number of fused-ring (bicyclic) bond motifs is 3. The van der Waals surface area contributed by atoms with E-state index >= 15 is 0 Å². The third-order valence-corrected chi connectivity index (χ3v) is 5.03. The second-order valence-electron chi connectivity index (χ2n) is 6.66. The van der Waals surface area contributed by atoms with Crippen molar-refractivity contribution in [2.45, 2.75) is 0 Å². The Morgan fingerprint density at radius 2 is 1.39 bits per heavy atom. The van der Waals surface area contributed by atoms with Crippen LogP contribution in [-0.2, 0) is 0 Å². The number of anilines is 1. The summed E-state index contributed by atoms with van der Waals surface area (Å²) < 4.78 is 1.94. The summed E-state index contributed by atoms with van der Waals surface area (Å²) >= 11 is 0. The number of aromatic nitrogens is 1. The molecule has 0 fully saturated rings. The van der Waals surface area contributed by atoms with Gasteiger partial charge in [-0.05, 0) is 41.5 Å². The van der Waals surface area contributed by atoms with Crippen molar-refractivity contribution < 1.29 is 9.59 Å². The van der Waals surface area contributed by atoms with Crippen LogP contribution in [0.2, 0.25) is 0 Å². The van der Waals surface area contributed by atoms with E-state index in [1.807, 2.05) is 83.7 Å². The Morgan fingerprint density at radius 1 is 0.714 bits per heavy atom. The molecule has 28 heavy (non-hydrogen) atoms. The van der Waals surface area contributed by atoms with Crippen molar-refractivity contribution in [2.75, 3.05) is 5.32 Å². The SMILES string of the molecule is O=C(Nc1ccccc1-n1cccc1)c1cccc2c1C(=O)c1ccccc1-2. The molecule has 4 nitrogen and oxygen atoms in total. The maximum Gasteiger partial charge on any atom is 0.256 e. The number of hydrogen-bond donors (Lipinski definition) is 1. The van der Waals surface area contributed by atoms with Gasteiger partial charge in [0.1, 0.15) is 0 Å². The fourth-order valence-electron chi connectivity index (χ4n) is 3.75. The van der Waals surface area contributed by atoms with E-state index in [2.05, 4.69) is 5.32 Å². The van der Waals surface area contributed by atoms with Crippen LogP contribution in [-0.4, -0.2) is 16.3 Å². The molecular weight excluding hydrogens is 348 g/mol. The molecule has 0 bridgehead atoms. The van der Waals surface area contributed by atoms with E-state index in [0.717, 1.165) is 16.8 Å².